The lowest BCUT2D eigenvalue weighted by molar-refractivity contribution is -0.118. The quantitative estimate of drug-likeness (QED) is 0.924. The van der Waals surface area contributed by atoms with E-state index in [4.69, 9.17) is 5.73 Å². The van der Waals surface area contributed by atoms with E-state index in [1.165, 1.54) is 17.8 Å². The normalized spacial score (nSPS) is 17.4. The Morgan fingerprint density at radius 3 is 2.75 bits per heavy atom. The van der Waals surface area contributed by atoms with Gasteiger partial charge in [0.05, 0.1) is 0 Å². The van der Waals surface area contributed by atoms with Crippen LogP contribution >= 0.6 is 11.8 Å². The number of rotatable bonds is 2. The van der Waals surface area contributed by atoms with Crippen molar-refractivity contribution in [3.8, 4) is 0 Å². The average molecular weight is 288 g/mol. The number of amides is 1. The van der Waals surface area contributed by atoms with Crippen molar-refractivity contribution in [1.82, 2.24) is 0 Å². The number of halogens is 1. The van der Waals surface area contributed by atoms with Crippen LogP contribution < -0.4 is 10.6 Å². The van der Waals surface area contributed by atoms with Crippen molar-refractivity contribution in [3.63, 3.8) is 0 Å². The summed E-state index contributed by atoms with van der Waals surface area (Å²) < 4.78 is 13.6. The van der Waals surface area contributed by atoms with Crippen LogP contribution in [0.1, 0.15) is 11.6 Å². The monoisotopic (exact) mass is 288 g/mol. The van der Waals surface area contributed by atoms with Crippen molar-refractivity contribution in [3.05, 3.63) is 53.8 Å². The second-order valence-corrected chi connectivity index (χ2v) is 5.74. The molecule has 0 aromatic heterocycles. The fourth-order valence-corrected chi connectivity index (χ4v) is 3.13. The highest BCUT2D eigenvalue weighted by atomic mass is 32.2. The van der Waals surface area contributed by atoms with Crippen LogP contribution in [-0.2, 0) is 4.79 Å². The second kappa shape index (κ2) is 4.92. The lowest BCUT2D eigenvalue weighted by atomic mass is 10.1. The Bertz CT molecular complexity index is 689. The topological polar surface area (TPSA) is 46.3 Å². The molecule has 0 fully saturated rings. The van der Waals surface area contributed by atoms with Crippen LogP contribution in [0, 0.1) is 5.82 Å². The number of nitrogens with two attached hydrogens (primary N) is 1. The van der Waals surface area contributed by atoms with Crippen LogP contribution in [0.25, 0.3) is 0 Å². The van der Waals surface area contributed by atoms with E-state index in [-0.39, 0.29) is 11.7 Å². The Morgan fingerprint density at radius 1 is 1.25 bits per heavy atom. The third-order valence-corrected chi connectivity index (χ3v) is 4.40. The maximum Gasteiger partial charge on any atom is 0.248 e. The van der Waals surface area contributed by atoms with Gasteiger partial charge in [-0.2, -0.15) is 0 Å². The summed E-state index contributed by atoms with van der Waals surface area (Å²) in [4.78, 5) is 14.8. The van der Waals surface area contributed by atoms with E-state index in [0.29, 0.717) is 4.90 Å². The molecule has 1 heterocycles. The van der Waals surface area contributed by atoms with Gasteiger partial charge in [-0.15, -0.1) is 0 Å². The summed E-state index contributed by atoms with van der Waals surface area (Å²) in [5.74, 6) is -0.368. The molecule has 2 aromatic rings. The minimum atomic E-state index is -0.595. The zero-order valence-electron chi connectivity index (χ0n) is 10.8. The summed E-state index contributed by atoms with van der Waals surface area (Å²) in [6.45, 7) is 0. The first-order valence-corrected chi connectivity index (χ1v) is 6.99. The molecular formula is C15H13FN2OS. The van der Waals surface area contributed by atoms with E-state index >= 15 is 0 Å². The zero-order chi connectivity index (χ0) is 14.3. The van der Waals surface area contributed by atoms with E-state index in [9.17, 15) is 9.18 Å². The highest BCUT2D eigenvalue weighted by molar-refractivity contribution is 7.99. The Kier molecular flexibility index (Phi) is 3.23. The second-order valence-electron chi connectivity index (χ2n) is 4.63. The van der Waals surface area contributed by atoms with E-state index in [1.807, 2.05) is 18.2 Å². The van der Waals surface area contributed by atoms with Gasteiger partial charge in [0, 0.05) is 28.1 Å². The lowest BCUT2D eigenvalue weighted by Gasteiger charge is -2.11. The van der Waals surface area contributed by atoms with E-state index in [2.05, 4.69) is 0 Å². The van der Waals surface area contributed by atoms with Crippen LogP contribution in [0.5, 0.6) is 0 Å². The van der Waals surface area contributed by atoms with Crippen molar-refractivity contribution in [2.24, 2.45) is 5.73 Å². The molecule has 0 saturated heterocycles. The van der Waals surface area contributed by atoms with Gasteiger partial charge in [-0.1, -0.05) is 30.0 Å². The van der Waals surface area contributed by atoms with Crippen molar-refractivity contribution in [2.45, 2.75) is 15.8 Å². The van der Waals surface area contributed by atoms with Gasteiger partial charge in [0.15, 0.2) is 0 Å². The third kappa shape index (κ3) is 2.09. The summed E-state index contributed by atoms with van der Waals surface area (Å²) in [6.07, 6.45) is 0. The van der Waals surface area contributed by atoms with Crippen molar-refractivity contribution < 1.29 is 9.18 Å². The highest BCUT2D eigenvalue weighted by Gasteiger charge is 2.32. The molecule has 1 atom stereocenters. The molecule has 2 N–H and O–H groups in total. The summed E-state index contributed by atoms with van der Waals surface area (Å²) in [7, 11) is 1.70. The molecule has 0 aliphatic carbocycles. The number of fused-ring (bicyclic) bond motifs is 1. The molecule has 102 valence electrons. The number of hydrogen-bond acceptors (Lipinski definition) is 3. The maximum absolute atomic E-state index is 13.6. The number of carbonyl (C=O) groups is 1. The highest BCUT2D eigenvalue weighted by Crippen LogP contribution is 2.38. The summed E-state index contributed by atoms with van der Waals surface area (Å²) in [5, 5.41) is 0. The molecule has 0 radical (unpaired) electrons. The van der Waals surface area contributed by atoms with E-state index < -0.39 is 6.04 Å². The van der Waals surface area contributed by atoms with Gasteiger partial charge in [0.25, 0.3) is 0 Å². The Balaban J connectivity index is 1.95. The minimum absolute atomic E-state index is 0.118. The largest absolute Gasteiger partial charge is 0.316 e. The van der Waals surface area contributed by atoms with Crippen molar-refractivity contribution in [1.29, 1.82) is 0 Å². The van der Waals surface area contributed by atoms with E-state index in [0.717, 1.165) is 16.1 Å². The molecule has 5 heteroatoms. The van der Waals surface area contributed by atoms with Gasteiger partial charge in [0.1, 0.15) is 11.9 Å². The first-order valence-electron chi connectivity index (χ1n) is 6.17. The fourth-order valence-electron chi connectivity index (χ4n) is 2.26. The number of carbonyl (C=O) groups excluding carboxylic acids is 1. The molecule has 1 unspecified atom stereocenters. The SMILES string of the molecule is CN1C(=O)C(N)c2ccc(Sc3ccccc3F)cc21. The smallest absolute Gasteiger partial charge is 0.248 e. The predicted octanol–water partition coefficient (Wildman–Crippen LogP) is 2.95. The standard InChI is InChI=1S/C15H13FN2OS/c1-18-12-8-9(6-7-10(12)14(17)15(18)19)20-13-5-3-2-4-11(13)16/h2-8,14H,17H2,1H3. The van der Waals surface area contributed by atoms with Gasteiger partial charge >= 0.3 is 0 Å². The first kappa shape index (κ1) is 13.1. The van der Waals surface area contributed by atoms with Gasteiger partial charge in [-0.25, -0.2) is 4.39 Å². The van der Waals surface area contributed by atoms with Crippen LogP contribution in [0.2, 0.25) is 0 Å². The van der Waals surface area contributed by atoms with Crippen LogP contribution in [0.4, 0.5) is 10.1 Å². The molecule has 2 aromatic carbocycles. The molecule has 0 bridgehead atoms. The summed E-state index contributed by atoms with van der Waals surface area (Å²) in [6, 6.07) is 11.6. The molecule has 1 amide bonds. The molecule has 0 saturated carbocycles. The lowest BCUT2D eigenvalue weighted by Crippen LogP contribution is -2.27. The van der Waals surface area contributed by atoms with Crippen molar-refractivity contribution in [2.75, 3.05) is 11.9 Å². The predicted molar refractivity (Wildman–Crippen MR) is 77.3 cm³/mol. The van der Waals surface area contributed by atoms with Gasteiger partial charge < -0.3 is 10.6 Å². The molecule has 3 rings (SSSR count). The van der Waals surface area contributed by atoms with Gasteiger partial charge in [0.2, 0.25) is 5.91 Å². The number of anilines is 1. The number of benzene rings is 2. The van der Waals surface area contributed by atoms with E-state index in [1.54, 1.807) is 30.1 Å². The fraction of sp³-hybridized carbons (Fsp3) is 0.133. The third-order valence-electron chi connectivity index (χ3n) is 3.36. The zero-order valence-corrected chi connectivity index (χ0v) is 11.7. The van der Waals surface area contributed by atoms with Gasteiger partial charge in [-0.05, 0) is 24.3 Å². The molecule has 0 spiro atoms. The van der Waals surface area contributed by atoms with Crippen molar-refractivity contribution >= 4 is 23.4 Å². The Morgan fingerprint density at radius 2 is 2.00 bits per heavy atom. The minimum Gasteiger partial charge on any atom is -0.316 e. The molecular weight excluding hydrogens is 275 g/mol. The Hall–Kier alpha value is -1.85. The molecule has 20 heavy (non-hydrogen) atoms. The van der Waals surface area contributed by atoms with Gasteiger partial charge in [-0.3, -0.25) is 4.79 Å². The summed E-state index contributed by atoms with van der Waals surface area (Å²) >= 11 is 1.33. The maximum atomic E-state index is 13.6. The van der Waals surface area contributed by atoms with Crippen LogP contribution in [0.15, 0.2) is 52.3 Å². The van der Waals surface area contributed by atoms with Crippen LogP contribution in [-0.4, -0.2) is 13.0 Å². The summed E-state index contributed by atoms with van der Waals surface area (Å²) in [5.41, 5.74) is 7.46. The number of hydrogen-bond donors (Lipinski definition) is 1. The number of likely N-dealkylation sites (N-methyl/N-ethyl adjacent to an activating group) is 1. The van der Waals surface area contributed by atoms with Crippen LogP contribution in [0.3, 0.4) is 0 Å². The molecule has 3 nitrogen and oxygen atoms in total. The Labute approximate surface area is 120 Å². The first-order chi connectivity index (χ1) is 9.58. The molecule has 1 aliphatic heterocycles. The average Bonchev–Trinajstić information content (AvgIpc) is 2.66. The molecule has 1 aliphatic rings. The number of nitrogens with zero attached hydrogens (tertiary/aromatic N) is 1.